The molecule has 18 heavy (non-hydrogen) atoms. The van der Waals surface area contributed by atoms with Crippen molar-refractivity contribution in [2.75, 3.05) is 0 Å². The molecule has 0 aliphatic heterocycles. The van der Waals surface area contributed by atoms with Crippen molar-refractivity contribution in [2.24, 2.45) is 11.7 Å². The van der Waals surface area contributed by atoms with Crippen molar-refractivity contribution in [3.63, 3.8) is 0 Å². The van der Waals surface area contributed by atoms with Gasteiger partial charge >= 0.3 is 0 Å². The van der Waals surface area contributed by atoms with Crippen LogP contribution in [0.3, 0.4) is 0 Å². The van der Waals surface area contributed by atoms with Crippen LogP contribution in [0.1, 0.15) is 30.0 Å². The Morgan fingerprint density at radius 2 is 2.06 bits per heavy atom. The predicted octanol–water partition coefficient (Wildman–Crippen LogP) is 3.71. The lowest BCUT2D eigenvalue weighted by Crippen LogP contribution is -2.11. The molecule has 0 amide bonds. The third-order valence-electron chi connectivity index (χ3n) is 3.60. The van der Waals surface area contributed by atoms with Gasteiger partial charge in [-0.25, -0.2) is 0 Å². The van der Waals surface area contributed by atoms with Gasteiger partial charge < -0.3 is 10.3 Å². The van der Waals surface area contributed by atoms with Gasteiger partial charge in [0, 0.05) is 29.5 Å². The van der Waals surface area contributed by atoms with E-state index >= 15 is 0 Å². The van der Waals surface area contributed by atoms with E-state index in [-0.39, 0.29) is 6.04 Å². The lowest BCUT2D eigenvalue weighted by Gasteiger charge is -2.08. The fourth-order valence-electron chi connectivity index (χ4n) is 2.31. The van der Waals surface area contributed by atoms with Crippen molar-refractivity contribution in [2.45, 2.75) is 25.4 Å². The van der Waals surface area contributed by atoms with Crippen molar-refractivity contribution >= 4 is 15.9 Å². The van der Waals surface area contributed by atoms with Gasteiger partial charge in [-0.15, -0.1) is 0 Å². The second-order valence-electron chi connectivity index (χ2n) is 5.07. The first kappa shape index (κ1) is 12.0. The van der Waals surface area contributed by atoms with Gasteiger partial charge in [-0.3, -0.25) is 0 Å². The highest BCUT2D eigenvalue weighted by molar-refractivity contribution is 9.10. The maximum atomic E-state index is 6.21. The summed E-state index contributed by atoms with van der Waals surface area (Å²) in [5.74, 6) is 0.712. The van der Waals surface area contributed by atoms with Gasteiger partial charge in [0.1, 0.15) is 0 Å². The number of rotatable bonds is 4. The van der Waals surface area contributed by atoms with E-state index in [0.717, 1.165) is 11.0 Å². The molecule has 1 aromatic carbocycles. The van der Waals surface area contributed by atoms with Crippen molar-refractivity contribution in [1.29, 1.82) is 0 Å². The molecule has 94 valence electrons. The molecular formula is C15H17BrN2. The Labute approximate surface area is 116 Å². The third kappa shape index (κ3) is 2.52. The quantitative estimate of drug-likeness (QED) is 0.917. The Kier molecular flexibility index (Phi) is 3.27. The summed E-state index contributed by atoms with van der Waals surface area (Å²) in [6.45, 7) is 0.888. The average molecular weight is 305 g/mol. The molecule has 0 spiro atoms. The Hall–Kier alpha value is -1.06. The van der Waals surface area contributed by atoms with Gasteiger partial charge in [-0.1, -0.05) is 34.1 Å². The predicted molar refractivity (Wildman–Crippen MR) is 77.3 cm³/mol. The molecule has 0 radical (unpaired) electrons. The molecule has 0 bridgehead atoms. The zero-order valence-electron chi connectivity index (χ0n) is 10.2. The minimum atomic E-state index is 0.227. The molecule has 2 aromatic rings. The minimum Gasteiger partial charge on any atom is -0.350 e. The number of aromatic nitrogens is 1. The summed E-state index contributed by atoms with van der Waals surface area (Å²) in [4.78, 5) is 0. The van der Waals surface area contributed by atoms with E-state index in [1.807, 2.05) is 6.07 Å². The Morgan fingerprint density at radius 3 is 2.78 bits per heavy atom. The van der Waals surface area contributed by atoms with Crippen LogP contribution < -0.4 is 5.73 Å². The minimum absolute atomic E-state index is 0.227. The van der Waals surface area contributed by atoms with Gasteiger partial charge in [-0.2, -0.15) is 0 Å². The zero-order valence-corrected chi connectivity index (χ0v) is 11.8. The molecule has 1 heterocycles. The highest BCUT2D eigenvalue weighted by Crippen LogP contribution is 2.39. The number of nitrogens with two attached hydrogens (primary N) is 1. The van der Waals surface area contributed by atoms with Crippen molar-refractivity contribution < 1.29 is 0 Å². The summed E-state index contributed by atoms with van der Waals surface area (Å²) >= 11 is 3.58. The largest absolute Gasteiger partial charge is 0.350 e. The van der Waals surface area contributed by atoms with Crippen molar-refractivity contribution in [3.05, 3.63) is 58.3 Å². The van der Waals surface area contributed by atoms with E-state index in [4.69, 9.17) is 5.73 Å². The molecule has 3 heteroatoms. The highest BCUT2D eigenvalue weighted by Gasteiger charge is 2.29. The molecule has 2 nitrogen and oxygen atoms in total. The SMILES string of the molecule is NC(c1ccn(Cc2ccccc2Br)c1)C1CC1. The zero-order chi connectivity index (χ0) is 12.5. The molecule has 1 saturated carbocycles. The fraction of sp³-hybridized carbons (Fsp3) is 0.333. The maximum Gasteiger partial charge on any atom is 0.0481 e. The van der Waals surface area contributed by atoms with E-state index in [1.54, 1.807) is 0 Å². The first-order valence-electron chi connectivity index (χ1n) is 6.39. The van der Waals surface area contributed by atoms with Gasteiger partial charge in [0.2, 0.25) is 0 Å². The van der Waals surface area contributed by atoms with Crippen LogP contribution >= 0.6 is 15.9 Å². The van der Waals surface area contributed by atoms with Crippen LogP contribution in [0.15, 0.2) is 47.2 Å². The lowest BCUT2D eigenvalue weighted by molar-refractivity contribution is 0.631. The van der Waals surface area contributed by atoms with Gasteiger partial charge in [-0.05, 0) is 42.0 Å². The first-order chi connectivity index (χ1) is 8.74. The Balaban J connectivity index is 1.75. The van der Waals surface area contributed by atoms with Crippen LogP contribution in [0, 0.1) is 5.92 Å². The normalized spacial score (nSPS) is 16.8. The first-order valence-corrected chi connectivity index (χ1v) is 7.18. The molecule has 1 atom stereocenters. The lowest BCUT2D eigenvalue weighted by atomic mass is 10.1. The highest BCUT2D eigenvalue weighted by atomic mass is 79.9. The van der Waals surface area contributed by atoms with E-state index in [2.05, 4.69) is 57.2 Å². The molecule has 1 unspecified atom stereocenters. The van der Waals surface area contributed by atoms with Gasteiger partial charge in [0.25, 0.3) is 0 Å². The number of benzene rings is 1. The topological polar surface area (TPSA) is 30.9 Å². The van der Waals surface area contributed by atoms with Crippen LogP contribution in [-0.2, 0) is 6.54 Å². The van der Waals surface area contributed by atoms with Crippen LogP contribution in [0.5, 0.6) is 0 Å². The molecule has 1 fully saturated rings. The van der Waals surface area contributed by atoms with Gasteiger partial charge in [0.15, 0.2) is 0 Å². The number of halogens is 1. The molecule has 1 aliphatic carbocycles. The third-order valence-corrected chi connectivity index (χ3v) is 4.37. The summed E-state index contributed by atoms with van der Waals surface area (Å²) in [7, 11) is 0. The van der Waals surface area contributed by atoms with E-state index in [0.29, 0.717) is 5.92 Å². The van der Waals surface area contributed by atoms with Crippen molar-refractivity contribution in [1.82, 2.24) is 4.57 Å². The molecule has 2 N–H and O–H groups in total. The molecule has 1 aromatic heterocycles. The van der Waals surface area contributed by atoms with E-state index in [1.165, 1.54) is 24.0 Å². The summed E-state index contributed by atoms with van der Waals surface area (Å²) < 4.78 is 3.37. The summed E-state index contributed by atoms with van der Waals surface area (Å²) in [6, 6.07) is 10.7. The monoisotopic (exact) mass is 304 g/mol. The Bertz CT molecular complexity index is 543. The molecular weight excluding hydrogens is 288 g/mol. The van der Waals surface area contributed by atoms with Crippen LogP contribution in [-0.4, -0.2) is 4.57 Å². The Morgan fingerprint density at radius 1 is 1.28 bits per heavy atom. The second-order valence-corrected chi connectivity index (χ2v) is 5.93. The van der Waals surface area contributed by atoms with Crippen LogP contribution in [0.25, 0.3) is 0 Å². The van der Waals surface area contributed by atoms with E-state index < -0.39 is 0 Å². The van der Waals surface area contributed by atoms with Gasteiger partial charge in [0.05, 0.1) is 0 Å². The smallest absolute Gasteiger partial charge is 0.0481 e. The number of nitrogens with zero attached hydrogens (tertiary/aromatic N) is 1. The summed E-state index contributed by atoms with van der Waals surface area (Å²) in [6.07, 6.45) is 6.88. The summed E-state index contributed by atoms with van der Waals surface area (Å²) in [5, 5.41) is 0. The number of hydrogen-bond donors (Lipinski definition) is 1. The van der Waals surface area contributed by atoms with E-state index in [9.17, 15) is 0 Å². The summed E-state index contributed by atoms with van der Waals surface area (Å²) in [5.41, 5.74) is 8.77. The molecule has 0 saturated heterocycles. The molecule has 3 rings (SSSR count). The number of hydrogen-bond acceptors (Lipinski definition) is 1. The average Bonchev–Trinajstić information content (AvgIpc) is 3.12. The standard InChI is InChI=1S/C15H17BrN2/c16-14-4-2-1-3-12(14)9-18-8-7-13(10-18)15(17)11-5-6-11/h1-4,7-8,10-11,15H,5-6,9,17H2. The molecule has 1 aliphatic rings. The van der Waals surface area contributed by atoms with Crippen LogP contribution in [0.4, 0.5) is 0 Å². The maximum absolute atomic E-state index is 6.21. The van der Waals surface area contributed by atoms with Crippen molar-refractivity contribution in [3.8, 4) is 0 Å². The second kappa shape index (κ2) is 4.90. The van der Waals surface area contributed by atoms with Crippen LogP contribution in [0.2, 0.25) is 0 Å². The fourth-order valence-corrected chi connectivity index (χ4v) is 2.72.